The van der Waals surface area contributed by atoms with Gasteiger partial charge in [-0.15, -0.1) is 0 Å². The summed E-state index contributed by atoms with van der Waals surface area (Å²) < 4.78 is 0. The van der Waals surface area contributed by atoms with Gasteiger partial charge in [-0.1, -0.05) is 33.1 Å². The molecule has 0 aliphatic carbocycles. The Bertz CT molecular complexity index is 1050. The van der Waals surface area contributed by atoms with Crippen LogP contribution in [0.4, 0.5) is 17.3 Å². The first-order valence-corrected chi connectivity index (χ1v) is 11.7. The molecule has 6 heteroatoms. The van der Waals surface area contributed by atoms with Gasteiger partial charge in [-0.2, -0.15) is 4.98 Å². The predicted octanol–water partition coefficient (Wildman–Crippen LogP) is 5.74. The van der Waals surface area contributed by atoms with E-state index in [1.165, 1.54) is 44.2 Å². The van der Waals surface area contributed by atoms with Gasteiger partial charge < -0.3 is 15.2 Å². The second kappa shape index (κ2) is 9.94. The maximum Gasteiger partial charge on any atom is 0.249 e. The average Bonchev–Trinajstić information content (AvgIpc) is 2.79. The quantitative estimate of drug-likeness (QED) is 0.456. The second-order valence-corrected chi connectivity index (χ2v) is 8.63. The van der Waals surface area contributed by atoms with Gasteiger partial charge in [0.1, 0.15) is 5.65 Å². The van der Waals surface area contributed by atoms with E-state index in [0.29, 0.717) is 17.5 Å². The number of H-pyrrole nitrogens is 1. The van der Waals surface area contributed by atoms with Gasteiger partial charge in [0.15, 0.2) is 0 Å². The van der Waals surface area contributed by atoms with Crippen LogP contribution in [0.15, 0.2) is 41.2 Å². The van der Waals surface area contributed by atoms with Crippen molar-refractivity contribution in [2.45, 2.75) is 64.7 Å². The first-order valence-electron chi connectivity index (χ1n) is 11.7. The van der Waals surface area contributed by atoms with Gasteiger partial charge in [-0.05, 0) is 61.9 Å². The first kappa shape index (κ1) is 21.3. The number of unbranched alkanes of at least 4 members (excludes halogenated alkanes) is 2. The lowest BCUT2D eigenvalue weighted by Gasteiger charge is -2.28. The van der Waals surface area contributed by atoms with Crippen molar-refractivity contribution in [2.24, 2.45) is 0 Å². The summed E-state index contributed by atoms with van der Waals surface area (Å²) in [5.74, 6) is 0.822. The van der Waals surface area contributed by atoms with Crippen LogP contribution in [0.5, 0.6) is 0 Å². The van der Waals surface area contributed by atoms with Crippen molar-refractivity contribution in [3.8, 4) is 0 Å². The Morgan fingerprint density at radius 2 is 1.81 bits per heavy atom. The molecule has 0 spiro atoms. The van der Waals surface area contributed by atoms with Crippen LogP contribution in [0.25, 0.3) is 11.0 Å². The lowest BCUT2D eigenvalue weighted by Crippen LogP contribution is -2.29. The third kappa shape index (κ3) is 5.24. The number of aromatic nitrogens is 3. The molecule has 0 bridgehead atoms. The summed E-state index contributed by atoms with van der Waals surface area (Å²) in [4.78, 5) is 26.7. The second-order valence-electron chi connectivity index (χ2n) is 8.63. The zero-order valence-corrected chi connectivity index (χ0v) is 18.7. The van der Waals surface area contributed by atoms with E-state index in [-0.39, 0.29) is 5.56 Å². The number of nitrogens with zero attached hydrogens (tertiary/aromatic N) is 3. The minimum atomic E-state index is -0.146. The molecule has 1 aliphatic rings. The average molecular weight is 420 g/mol. The van der Waals surface area contributed by atoms with Crippen molar-refractivity contribution in [1.29, 1.82) is 0 Å². The monoisotopic (exact) mass is 419 g/mol. The van der Waals surface area contributed by atoms with E-state index in [1.807, 2.05) is 6.07 Å². The van der Waals surface area contributed by atoms with Crippen molar-refractivity contribution in [2.75, 3.05) is 23.3 Å². The number of nitrogens with one attached hydrogen (secondary N) is 2. The molecule has 1 aliphatic heterocycles. The van der Waals surface area contributed by atoms with Crippen molar-refractivity contribution in [1.82, 2.24) is 15.0 Å². The Balaban J connectivity index is 1.58. The van der Waals surface area contributed by atoms with Crippen LogP contribution < -0.4 is 15.8 Å². The molecule has 164 valence electrons. The minimum Gasteiger partial charge on any atom is -0.372 e. The molecule has 31 heavy (non-hydrogen) atoms. The highest BCUT2D eigenvalue weighted by atomic mass is 16.1. The highest BCUT2D eigenvalue weighted by molar-refractivity contribution is 5.79. The molecular weight excluding hydrogens is 386 g/mol. The summed E-state index contributed by atoms with van der Waals surface area (Å²) in [5.41, 5.74) is 3.65. The van der Waals surface area contributed by atoms with Crippen LogP contribution in [0.1, 0.15) is 70.4 Å². The summed E-state index contributed by atoms with van der Waals surface area (Å²) in [6.07, 6.45) is 8.53. The van der Waals surface area contributed by atoms with Crippen LogP contribution in [-0.4, -0.2) is 28.0 Å². The number of rotatable bonds is 8. The molecule has 1 unspecified atom stereocenters. The fourth-order valence-corrected chi connectivity index (χ4v) is 4.37. The van der Waals surface area contributed by atoms with Gasteiger partial charge in [-0.25, -0.2) is 4.98 Å². The lowest BCUT2D eigenvalue weighted by atomic mass is 9.97. The smallest absolute Gasteiger partial charge is 0.249 e. The number of hydrogen-bond donors (Lipinski definition) is 2. The molecule has 4 rings (SSSR count). The van der Waals surface area contributed by atoms with Crippen LogP contribution in [-0.2, 0) is 0 Å². The number of fused-ring (bicyclic) bond motifs is 1. The van der Waals surface area contributed by atoms with Gasteiger partial charge in [0.05, 0.1) is 5.69 Å². The van der Waals surface area contributed by atoms with Gasteiger partial charge >= 0.3 is 0 Å². The maximum absolute atomic E-state index is 11.9. The molecule has 2 N–H and O–H groups in total. The Labute approximate surface area is 184 Å². The van der Waals surface area contributed by atoms with E-state index >= 15 is 0 Å². The van der Waals surface area contributed by atoms with Gasteiger partial charge in [0, 0.05) is 35.9 Å². The van der Waals surface area contributed by atoms with Crippen LogP contribution in [0, 0.1) is 0 Å². The van der Waals surface area contributed by atoms with Crippen LogP contribution >= 0.6 is 0 Å². The van der Waals surface area contributed by atoms with Crippen molar-refractivity contribution < 1.29 is 0 Å². The van der Waals surface area contributed by atoms with Gasteiger partial charge in [0.25, 0.3) is 0 Å². The maximum atomic E-state index is 11.9. The van der Waals surface area contributed by atoms with E-state index in [9.17, 15) is 4.79 Å². The summed E-state index contributed by atoms with van der Waals surface area (Å²) in [5, 5.41) is 4.27. The Kier molecular flexibility index (Phi) is 6.85. The highest BCUT2D eigenvalue weighted by Crippen LogP contribution is 2.28. The zero-order chi connectivity index (χ0) is 21.6. The SMILES string of the molecule is CCCCCC(C)c1nc(Nc2ccc(N3CCCCC3)cc2)nc2[nH]c(=O)ccc12. The molecule has 1 atom stereocenters. The minimum absolute atomic E-state index is 0.146. The van der Waals surface area contributed by atoms with Crippen LogP contribution in [0.3, 0.4) is 0 Å². The van der Waals surface area contributed by atoms with E-state index in [0.717, 1.165) is 36.3 Å². The first-order chi connectivity index (χ1) is 15.1. The molecule has 3 aromatic rings. The van der Waals surface area contributed by atoms with Crippen molar-refractivity contribution in [3.05, 3.63) is 52.4 Å². The van der Waals surface area contributed by atoms with E-state index in [2.05, 4.69) is 58.3 Å². The molecule has 1 saturated heterocycles. The van der Waals surface area contributed by atoms with Gasteiger partial charge in [0.2, 0.25) is 11.5 Å². The molecule has 0 saturated carbocycles. The largest absolute Gasteiger partial charge is 0.372 e. The molecule has 6 nitrogen and oxygen atoms in total. The summed E-state index contributed by atoms with van der Waals surface area (Å²) in [6, 6.07) is 11.9. The number of hydrogen-bond acceptors (Lipinski definition) is 5. The summed E-state index contributed by atoms with van der Waals surface area (Å²) in [6.45, 7) is 6.69. The number of piperidine rings is 1. The van der Waals surface area contributed by atoms with Crippen LogP contribution in [0.2, 0.25) is 0 Å². The van der Waals surface area contributed by atoms with E-state index in [4.69, 9.17) is 4.98 Å². The predicted molar refractivity (Wildman–Crippen MR) is 129 cm³/mol. The summed E-state index contributed by atoms with van der Waals surface area (Å²) in [7, 11) is 0. The topological polar surface area (TPSA) is 73.9 Å². The molecule has 3 heterocycles. The van der Waals surface area contributed by atoms with Crippen molar-refractivity contribution in [3.63, 3.8) is 0 Å². The molecular formula is C25H33N5O. The normalized spacial score (nSPS) is 15.2. The lowest BCUT2D eigenvalue weighted by molar-refractivity contribution is 0.578. The van der Waals surface area contributed by atoms with E-state index in [1.54, 1.807) is 6.07 Å². The highest BCUT2D eigenvalue weighted by Gasteiger charge is 2.15. The molecule has 0 amide bonds. The van der Waals surface area contributed by atoms with E-state index < -0.39 is 0 Å². The third-order valence-corrected chi connectivity index (χ3v) is 6.17. The zero-order valence-electron chi connectivity index (χ0n) is 18.7. The Morgan fingerprint density at radius 1 is 1.03 bits per heavy atom. The molecule has 2 aromatic heterocycles. The Morgan fingerprint density at radius 3 is 2.55 bits per heavy atom. The molecule has 1 aromatic carbocycles. The fourth-order valence-electron chi connectivity index (χ4n) is 4.37. The van der Waals surface area contributed by atoms with Crippen molar-refractivity contribution >= 4 is 28.4 Å². The summed E-state index contributed by atoms with van der Waals surface area (Å²) >= 11 is 0. The van der Waals surface area contributed by atoms with Gasteiger partial charge in [-0.3, -0.25) is 4.79 Å². The molecule has 0 radical (unpaired) electrons. The number of anilines is 3. The fraction of sp³-hybridized carbons (Fsp3) is 0.480. The molecule has 1 fully saturated rings. The Hall–Kier alpha value is -2.89. The third-order valence-electron chi connectivity index (χ3n) is 6.17. The number of aromatic amines is 1. The standard InChI is InChI=1S/C25H33N5O/c1-3-4-6-9-18(2)23-21-14-15-22(31)27-24(21)29-25(28-23)26-19-10-12-20(13-11-19)30-16-7-5-8-17-30/h10-15,18H,3-9,16-17H2,1-2H3,(H2,26,27,28,29,31). The number of pyridine rings is 1. The number of benzene rings is 1.